The van der Waals surface area contributed by atoms with Crippen LogP contribution in [0.4, 0.5) is 15.8 Å². The minimum Gasteiger partial charge on any atom is -0.368 e. The number of rotatable bonds is 5. The molecule has 1 amide bonds. The van der Waals surface area contributed by atoms with Crippen molar-refractivity contribution in [2.75, 3.05) is 25.5 Å². The molecule has 2 aliphatic heterocycles. The topological polar surface area (TPSA) is 86.2 Å². The van der Waals surface area contributed by atoms with Crippen LogP contribution in [0.3, 0.4) is 0 Å². The number of aliphatic hydroxyl groups is 1. The Kier molecular flexibility index (Phi) is 6.13. The molecule has 0 aliphatic carbocycles. The van der Waals surface area contributed by atoms with Crippen molar-refractivity contribution in [3.05, 3.63) is 65.0 Å². The number of aliphatic hydroxyl groups excluding tert-OH is 1. The quantitative estimate of drug-likeness (QED) is 0.686. The fourth-order valence-corrected chi connectivity index (χ4v) is 3.64. The van der Waals surface area contributed by atoms with Crippen molar-refractivity contribution in [1.29, 1.82) is 0 Å². The van der Waals surface area contributed by atoms with Gasteiger partial charge in [-0.05, 0) is 35.8 Å². The SMILES string of the molecule is CCC1=Nc2ccc(CN3CC=C(c4ccc(C(=O)NC)cc4)CO3)c(F)c2NC1O. The average Bonchev–Trinajstić information content (AvgIpc) is 2.81. The second-order valence-electron chi connectivity index (χ2n) is 7.42. The summed E-state index contributed by atoms with van der Waals surface area (Å²) in [5.74, 6) is -0.559. The van der Waals surface area contributed by atoms with E-state index in [9.17, 15) is 9.90 Å². The third kappa shape index (κ3) is 4.36. The van der Waals surface area contributed by atoms with Crippen LogP contribution in [-0.4, -0.2) is 48.2 Å². The van der Waals surface area contributed by atoms with Crippen molar-refractivity contribution in [1.82, 2.24) is 10.4 Å². The van der Waals surface area contributed by atoms with Crippen LogP contribution in [0.1, 0.15) is 34.8 Å². The van der Waals surface area contributed by atoms with E-state index < -0.39 is 12.0 Å². The summed E-state index contributed by atoms with van der Waals surface area (Å²) in [5, 5.41) is 17.2. The lowest BCUT2D eigenvalue weighted by atomic mass is 10.0. The number of nitrogens with zero attached hydrogens (tertiary/aromatic N) is 2. The fraction of sp³-hybridized carbons (Fsp3) is 0.304. The fourth-order valence-electron chi connectivity index (χ4n) is 3.64. The van der Waals surface area contributed by atoms with Gasteiger partial charge in [0.25, 0.3) is 5.91 Å². The van der Waals surface area contributed by atoms with Gasteiger partial charge < -0.3 is 15.7 Å². The van der Waals surface area contributed by atoms with Crippen molar-refractivity contribution >= 4 is 28.6 Å². The summed E-state index contributed by atoms with van der Waals surface area (Å²) in [6, 6.07) is 10.8. The van der Waals surface area contributed by atoms with Gasteiger partial charge in [-0.3, -0.25) is 14.6 Å². The molecule has 0 bridgehead atoms. The van der Waals surface area contributed by atoms with Gasteiger partial charge in [0.05, 0.1) is 30.2 Å². The Labute approximate surface area is 180 Å². The van der Waals surface area contributed by atoms with Gasteiger partial charge in [0.15, 0.2) is 12.0 Å². The van der Waals surface area contributed by atoms with Gasteiger partial charge in [-0.15, -0.1) is 0 Å². The zero-order chi connectivity index (χ0) is 22.0. The summed E-state index contributed by atoms with van der Waals surface area (Å²) < 4.78 is 15.0. The molecule has 1 unspecified atom stereocenters. The van der Waals surface area contributed by atoms with Crippen LogP contribution in [-0.2, 0) is 11.4 Å². The largest absolute Gasteiger partial charge is 0.368 e. The summed E-state index contributed by atoms with van der Waals surface area (Å²) in [6.07, 6.45) is 1.64. The number of nitrogens with one attached hydrogen (secondary N) is 2. The molecule has 0 saturated carbocycles. The Morgan fingerprint density at radius 2 is 2.10 bits per heavy atom. The lowest BCUT2D eigenvalue weighted by Crippen LogP contribution is -2.32. The highest BCUT2D eigenvalue weighted by atomic mass is 19.1. The van der Waals surface area contributed by atoms with Crippen LogP contribution in [0.5, 0.6) is 0 Å². The van der Waals surface area contributed by atoms with Gasteiger partial charge in [0.2, 0.25) is 0 Å². The van der Waals surface area contributed by atoms with Crippen LogP contribution in [0, 0.1) is 5.82 Å². The standard InChI is InChI=1S/C23H25FN4O3/c1-3-18-23(30)27-21-19(26-18)9-8-16(20(21)24)12-28-11-10-17(13-31-28)14-4-6-15(7-5-14)22(29)25-2/h4-10,23,27,30H,3,11-13H2,1-2H3,(H,25,29). The second kappa shape index (κ2) is 8.97. The summed E-state index contributed by atoms with van der Waals surface area (Å²) in [4.78, 5) is 21.8. The molecule has 0 saturated heterocycles. The highest BCUT2D eigenvalue weighted by Crippen LogP contribution is 2.35. The zero-order valence-corrected chi connectivity index (χ0v) is 17.5. The smallest absolute Gasteiger partial charge is 0.251 e. The van der Waals surface area contributed by atoms with E-state index >= 15 is 4.39 Å². The molecular weight excluding hydrogens is 399 g/mol. The predicted octanol–water partition coefficient (Wildman–Crippen LogP) is 3.24. The number of hydrogen-bond acceptors (Lipinski definition) is 6. The maximum atomic E-state index is 15.0. The first-order valence-corrected chi connectivity index (χ1v) is 10.2. The Morgan fingerprint density at radius 1 is 1.32 bits per heavy atom. The second-order valence-corrected chi connectivity index (χ2v) is 7.42. The van der Waals surface area contributed by atoms with Crippen molar-refractivity contribution in [2.24, 2.45) is 4.99 Å². The molecule has 162 valence electrons. The summed E-state index contributed by atoms with van der Waals surface area (Å²) in [6.45, 7) is 3.01. The van der Waals surface area contributed by atoms with E-state index in [0.717, 1.165) is 11.1 Å². The Bertz CT molecular complexity index is 1050. The molecule has 2 aliphatic rings. The van der Waals surface area contributed by atoms with Gasteiger partial charge >= 0.3 is 0 Å². The van der Waals surface area contributed by atoms with E-state index in [2.05, 4.69) is 15.6 Å². The predicted molar refractivity (Wildman–Crippen MR) is 118 cm³/mol. The van der Waals surface area contributed by atoms with Gasteiger partial charge in [0, 0.05) is 24.7 Å². The van der Waals surface area contributed by atoms with Crippen LogP contribution in [0.25, 0.3) is 5.57 Å². The van der Waals surface area contributed by atoms with Crippen LogP contribution >= 0.6 is 0 Å². The first-order chi connectivity index (χ1) is 15.0. The molecule has 31 heavy (non-hydrogen) atoms. The summed E-state index contributed by atoms with van der Waals surface area (Å²) in [7, 11) is 1.60. The lowest BCUT2D eigenvalue weighted by molar-refractivity contribution is -0.151. The number of carbonyl (C=O) groups is 1. The molecule has 1 atom stereocenters. The van der Waals surface area contributed by atoms with E-state index in [0.29, 0.717) is 42.1 Å². The van der Waals surface area contributed by atoms with Crippen molar-refractivity contribution < 1.29 is 19.1 Å². The molecule has 7 nitrogen and oxygen atoms in total. The Morgan fingerprint density at radius 3 is 2.74 bits per heavy atom. The molecule has 0 radical (unpaired) electrons. The number of fused-ring (bicyclic) bond motifs is 1. The third-order valence-corrected chi connectivity index (χ3v) is 5.46. The normalized spacial score (nSPS) is 18.5. The number of amides is 1. The number of hydrogen-bond donors (Lipinski definition) is 3. The van der Waals surface area contributed by atoms with Crippen molar-refractivity contribution in [2.45, 2.75) is 26.1 Å². The average molecular weight is 424 g/mol. The Balaban J connectivity index is 1.44. The number of benzene rings is 2. The van der Waals surface area contributed by atoms with Crippen LogP contribution in [0.15, 0.2) is 47.5 Å². The van der Waals surface area contributed by atoms with Crippen molar-refractivity contribution in [3.63, 3.8) is 0 Å². The molecule has 3 N–H and O–H groups in total. The Hall–Kier alpha value is -3.07. The third-order valence-electron chi connectivity index (χ3n) is 5.46. The van der Waals surface area contributed by atoms with Crippen LogP contribution in [0.2, 0.25) is 0 Å². The van der Waals surface area contributed by atoms with E-state index in [-0.39, 0.29) is 18.1 Å². The number of carbonyl (C=O) groups excluding carboxylic acids is 1. The first-order valence-electron chi connectivity index (χ1n) is 10.2. The molecule has 8 heteroatoms. The maximum absolute atomic E-state index is 15.0. The molecule has 2 heterocycles. The van der Waals surface area contributed by atoms with Crippen LogP contribution < -0.4 is 10.6 Å². The number of anilines is 1. The minimum atomic E-state index is -0.978. The number of hydroxylamine groups is 2. The highest BCUT2D eigenvalue weighted by molar-refractivity contribution is 5.97. The molecule has 0 spiro atoms. The van der Waals surface area contributed by atoms with E-state index in [4.69, 9.17) is 4.84 Å². The first kappa shape index (κ1) is 21.2. The monoisotopic (exact) mass is 424 g/mol. The summed E-state index contributed by atoms with van der Waals surface area (Å²) >= 11 is 0. The molecule has 2 aromatic rings. The molecule has 0 fully saturated rings. The zero-order valence-electron chi connectivity index (χ0n) is 17.5. The number of aliphatic imine (C=N–C) groups is 1. The molecule has 2 aromatic carbocycles. The summed E-state index contributed by atoms with van der Waals surface area (Å²) in [5.41, 5.74) is 4.34. The van der Waals surface area contributed by atoms with Gasteiger partial charge in [-0.2, -0.15) is 5.06 Å². The highest BCUT2D eigenvalue weighted by Gasteiger charge is 2.24. The lowest BCUT2D eigenvalue weighted by Gasteiger charge is -2.28. The van der Waals surface area contributed by atoms with E-state index in [1.807, 2.05) is 25.1 Å². The van der Waals surface area contributed by atoms with E-state index in [1.54, 1.807) is 36.4 Å². The van der Waals surface area contributed by atoms with Gasteiger partial charge in [-0.25, -0.2) is 4.39 Å². The number of halogens is 1. The van der Waals surface area contributed by atoms with Gasteiger partial charge in [-0.1, -0.05) is 31.2 Å². The maximum Gasteiger partial charge on any atom is 0.251 e. The minimum absolute atomic E-state index is 0.128. The van der Waals surface area contributed by atoms with E-state index in [1.165, 1.54) is 0 Å². The molecule has 0 aromatic heterocycles. The van der Waals surface area contributed by atoms with Crippen molar-refractivity contribution in [3.8, 4) is 0 Å². The molecular formula is C23H25FN4O3. The molecule has 4 rings (SSSR count). The van der Waals surface area contributed by atoms with Gasteiger partial charge in [0.1, 0.15) is 0 Å².